The summed E-state index contributed by atoms with van der Waals surface area (Å²) in [6.07, 6.45) is -2.86. The number of esters is 2. The zero-order valence-electron chi connectivity index (χ0n) is 10.9. The minimum atomic E-state index is -1.43. The van der Waals surface area contributed by atoms with Crippen molar-refractivity contribution in [3.63, 3.8) is 0 Å². The molecule has 6 nitrogen and oxygen atoms in total. The normalized spacial score (nSPS) is 21.1. The lowest BCUT2D eigenvalue weighted by molar-refractivity contribution is -0.158. The number of ketones is 2. The lowest BCUT2D eigenvalue weighted by atomic mass is 9.85. The van der Waals surface area contributed by atoms with Crippen LogP contribution in [0.4, 0.5) is 0 Å². The number of ether oxygens (including phenoxy) is 2. The van der Waals surface area contributed by atoms with E-state index >= 15 is 0 Å². The lowest BCUT2D eigenvalue weighted by Gasteiger charge is -2.29. The van der Waals surface area contributed by atoms with Crippen molar-refractivity contribution in [1.29, 1.82) is 0 Å². The van der Waals surface area contributed by atoms with Gasteiger partial charge in [-0.05, 0) is 0 Å². The number of carbonyl (C=O) groups is 4. The predicted octanol–water partition coefficient (Wildman–Crippen LogP) is 0.929. The van der Waals surface area contributed by atoms with Crippen LogP contribution < -0.4 is 0 Å². The number of Topliss-reactive ketones (excluding diaryl/α,β-unsaturated/α-hetero) is 2. The van der Waals surface area contributed by atoms with Crippen molar-refractivity contribution in [1.82, 2.24) is 0 Å². The van der Waals surface area contributed by atoms with Crippen molar-refractivity contribution >= 4 is 23.5 Å². The van der Waals surface area contributed by atoms with E-state index in [1.54, 1.807) is 12.1 Å². The van der Waals surface area contributed by atoms with Crippen LogP contribution in [0.25, 0.3) is 0 Å². The summed E-state index contributed by atoms with van der Waals surface area (Å²) in [6.45, 7) is 2.23. The summed E-state index contributed by atoms with van der Waals surface area (Å²) in [4.78, 5) is 46.7. The molecule has 0 aromatic heterocycles. The Hall–Kier alpha value is -2.50. The van der Waals surface area contributed by atoms with Gasteiger partial charge in [-0.25, -0.2) is 0 Å². The highest BCUT2D eigenvalue weighted by Gasteiger charge is 2.45. The van der Waals surface area contributed by atoms with Crippen LogP contribution in [-0.4, -0.2) is 35.7 Å². The molecular weight excluding hydrogens is 264 g/mol. The summed E-state index contributed by atoms with van der Waals surface area (Å²) >= 11 is 0. The van der Waals surface area contributed by atoms with Gasteiger partial charge in [0.25, 0.3) is 0 Å². The minimum absolute atomic E-state index is 0.159. The van der Waals surface area contributed by atoms with E-state index in [1.165, 1.54) is 12.1 Å². The molecule has 1 aromatic carbocycles. The Balaban J connectivity index is 2.48. The van der Waals surface area contributed by atoms with Gasteiger partial charge in [0.15, 0.2) is 0 Å². The van der Waals surface area contributed by atoms with Crippen LogP contribution in [0.15, 0.2) is 24.3 Å². The first-order valence-corrected chi connectivity index (χ1v) is 5.93. The van der Waals surface area contributed by atoms with E-state index in [0.717, 1.165) is 13.8 Å². The van der Waals surface area contributed by atoms with Crippen molar-refractivity contribution in [3.8, 4) is 0 Å². The minimum Gasteiger partial charge on any atom is -0.450 e. The van der Waals surface area contributed by atoms with Crippen LogP contribution in [0.2, 0.25) is 0 Å². The Morgan fingerprint density at radius 3 is 1.50 bits per heavy atom. The SMILES string of the molecule is CC(=O)O[C@@H]1C(=O)c2ccccc2C(=O)[C@@H]1OC(C)=O. The molecule has 2 rings (SSSR count). The Morgan fingerprint density at radius 1 is 0.850 bits per heavy atom. The Kier molecular flexibility index (Phi) is 3.65. The molecule has 1 aromatic rings. The van der Waals surface area contributed by atoms with Gasteiger partial charge in [0.05, 0.1) is 0 Å². The lowest BCUT2D eigenvalue weighted by Crippen LogP contribution is -2.49. The molecule has 0 aliphatic heterocycles. The van der Waals surface area contributed by atoms with Gasteiger partial charge >= 0.3 is 11.9 Å². The Labute approximate surface area is 114 Å². The van der Waals surface area contributed by atoms with E-state index < -0.39 is 35.7 Å². The topological polar surface area (TPSA) is 86.7 Å². The van der Waals surface area contributed by atoms with Gasteiger partial charge in [-0.1, -0.05) is 24.3 Å². The Morgan fingerprint density at radius 2 is 1.20 bits per heavy atom. The van der Waals surface area contributed by atoms with Gasteiger partial charge in [0, 0.05) is 25.0 Å². The molecule has 6 heteroatoms. The van der Waals surface area contributed by atoms with Gasteiger partial charge < -0.3 is 9.47 Å². The molecule has 2 atom stereocenters. The number of fused-ring (bicyclic) bond motifs is 1. The van der Waals surface area contributed by atoms with E-state index in [9.17, 15) is 19.2 Å². The van der Waals surface area contributed by atoms with E-state index in [2.05, 4.69) is 0 Å². The maximum absolute atomic E-state index is 12.3. The molecule has 104 valence electrons. The average Bonchev–Trinajstić information content (AvgIpc) is 2.39. The first-order valence-electron chi connectivity index (χ1n) is 5.93. The fraction of sp³-hybridized carbons (Fsp3) is 0.286. The highest BCUT2D eigenvalue weighted by atomic mass is 16.6. The molecule has 0 radical (unpaired) electrons. The maximum Gasteiger partial charge on any atom is 0.303 e. The van der Waals surface area contributed by atoms with Crippen molar-refractivity contribution in [2.75, 3.05) is 0 Å². The third-order valence-corrected chi connectivity index (χ3v) is 2.84. The second-order valence-corrected chi connectivity index (χ2v) is 4.33. The second-order valence-electron chi connectivity index (χ2n) is 4.33. The summed E-state index contributed by atoms with van der Waals surface area (Å²) < 4.78 is 9.72. The molecule has 0 saturated heterocycles. The molecule has 0 bridgehead atoms. The van der Waals surface area contributed by atoms with E-state index in [4.69, 9.17) is 9.47 Å². The van der Waals surface area contributed by atoms with Gasteiger partial charge in [0.1, 0.15) is 0 Å². The fourth-order valence-electron chi connectivity index (χ4n) is 2.08. The summed E-state index contributed by atoms with van der Waals surface area (Å²) in [7, 11) is 0. The number of carbonyl (C=O) groups excluding carboxylic acids is 4. The third-order valence-electron chi connectivity index (χ3n) is 2.84. The van der Waals surface area contributed by atoms with E-state index in [0.29, 0.717) is 0 Å². The molecule has 0 amide bonds. The van der Waals surface area contributed by atoms with Crippen molar-refractivity contribution in [2.45, 2.75) is 26.1 Å². The van der Waals surface area contributed by atoms with Crippen LogP contribution in [0.5, 0.6) is 0 Å². The summed E-state index contributed by atoms with van der Waals surface area (Å²) in [6, 6.07) is 6.13. The summed E-state index contributed by atoms with van der Waals surface area (Å²) in [5.74, 6) is -2.57. The smallest absolute Gasteiger partial charge is 0.303 e. The number of hydrogen-bond donors (Lipinski definition) is 0. The molecule has 0 saturated carbocycles. The van der Waals surface area contributed by atoms with Crippen LogP contribution >= 0.6 is 0 Å². The zero-order valence-corrected chi connectivity index (χ0v) is 10.9. The molecule has 0 fully saturated rings. The summed E-state index contributed by atoms with van der Waals surface area (Å²) in [5, 5.41) is 0. The number of benzene rings is 1. The van der Waals surface area contributed by atoms with Crippen LogP contribution in [0.1, 0.15) is 34.6 Å². The Bertz CT molecular complexity index is 550. The van der Waals surface area contributed by atoms with Crippen LogP contribution in [0.3, 0.4) is 0 Å². The summed E-state index contributed by atoms with van der Waals surface area (Å²) in [5.41, 5.74) is 0.319. The zero-order chi connectivity index (χ0) is 14.9. The molecule has 0 N–H and O–H groups in total. The molecular formula is C14H12O6. The highest BCUT2D eigenvalue weighted by Crippen LogP contribution is 2.26. The molecule has 1 aliphatic carbocycles. The predicted molar refractivity (Wildman–Crippen MR) is 66.2 cm³/mol. The monoisotopic (exact) mass is 276 g/mol. The van der Waals surface area contributed by atoms with Crippen LogP contribution in [0, 0.1) is 0 Å². The van der Waals surface area contributed by atoms with Crippen molar-refractivity contribution in [3.05, 3.63) is 35.4 Å². The first kappa shape index (κ1) is 13.9. The fourth-order valence-corrected chi connectivity index (χ4v) is 2.08. The molecule has 1 aliphatic rings. The highest BCUT2D eigenvalue weighted by molar-refractivity contribution is 6.18. The van der Waals surface area contributed by atoms with Gasteiger partial charge in [-0.3, -0.25) is 19.2 Å². The largest absolute Gasteiger partial charge is 0.450 e. The molecule has 0 heterocycles. The average molecular weight is 276 g/mol. The van der Waals surface area contributed by atoms with Crippen LogP contribution in [-0.2, 0) is 19.1 Å². The van der Waals surface area contributed by atoms with E-state index in [1.807, 2.05) is 0 Å². The van der Waals surface area contributed by atoms with Crippen molar-refractivity contribution < 1.29 is 28.7 Å². The van der Waals surface area contributed by atoms with E-state index in [-0.39, 0.29) is 11.1 Å². The molecule has 0 unspecified atom stereocenters. The van der Waals surface area contributed by atoms with Gasteiger partial charge in [-0.15, -0.1) is 0 Å². The van der Waals surface area contributed by atoms with Gasteiger partial charge in [-0.2, -0.15) is 0 Å². The maximum atomic E-state index is 12.3. The standard InChI is InChI=1S/C14H12O6/c1-7(15)19-13-11(17)9-5-3-4-6-10(9)12(18)14(13)20-8(2)16/h3-6,13-14H,1-2H3/t13-,14+. The van der Waals surface area contributed by atoms with Gasteiger partial charge in [0.2, 0.25) is 23.8 Å². The third kappa shape index (κ3) is 2.45. The second kappa shape index (κ2) is 5.24. The molecule has 0 spiro atoms. The quantitative estimate of drug-likeness (QED) is 0.747. The van der Waals surface area contributed by atoms with Crippen molar-refractivity contribution in [2.24, 2.45) is 0 Å². The molecule has 20 heavy (non-hydrogen) atoms. The number of rotatable bonds is 2. The number of hydrogen-bond acceptors (Lipinski definition) is 6. The first-order chi connectivity index (χ1) is 9.41.